The summed E-state index contributed by atoms with van der Waals surface area (Å²) in [7, 11) is 1.84. The van der Waals surface area contributed by atoms with Gasteiger partial charge in [-0.1, -0.05) is 0 Å². The van der Waals surface area contributed by atoms with Crippen LogP contribution in [0.4, 0.5) is 8.78 Å². The van der Waals surface area contributed by atoms with Gasteiger partial charge in [0.2, 0.25) is 0 Å². The Kier molecular flexibility index (Phi) is 4.70. The summed E-state index contributed by atoms with van der Waals surface area (Å²) in [6, 6.07) is 5.59. The van der Waals surface area contributed by atoms with Crippen LogP contribution in [0, 0.1) is 13.8 Å². The third-order valence-electron chi connectivity index (χ3n) is 3.33. The highest BCUT2D eigenvalue weighted by Crippen LogP contribution is 2.17. The van der Waals surface area contributed by atoms with Crippen LogP contribution in [0.3, 0.4) is 0 Å². The van der Waals surface area contributed by atoms with E-state index in [1.54, 1.807) is 10.8 Å². The number of halogens is 2. The standard InChI is InChI=1S/C16H16F2N2O2/c1-10-14(11(2)20(3)19-10)8-9-15(21)12-4-6-13(7-5-12)22-16(17)18/h4-9,16H,1-3H3/b9-8+. The lowest BCUT2D eigenvalue weighted by atomic mass is 10.1. The Hall–Kier alpha value is -2.50. The van der Waals surface area contributed by atoms with Crippen molar-refractivity contribution >= 4 is 11.9 Å². The number of ether oxygens (including phenoxy) is 1. The third-order valence-corrected chi connectivity index (χ3v) is 3.33. The number of carbonyl (C=O) groups excluding carboxylic acids is 1. The molecule has 0 amide bonds. The highest BCUT2D eigenvalue weighted by molar-refractivity contribution is 6.06. The maximum atomic E-state index is 12.1. The Morgan fingerprint density at radius 2 is 1.91 bits per heavy atom. The van der Waals surface area contributed by atoms with E-state index in [0.29, 0.717) is 5.56 Å². The predicted octanol–water partition coefficient (Wildman–Crippen LogP) is 3.53. The number of carbonyl (C=O) groups is 1. The fourth-order valence-electron chi connectivity index (χ4n) is 2.09. The highest BCUT2D eigenvalue weighted by Gasteiger charge is 2.08. The summed E-state index contributed by atoms with van der Waals surface area (Å²) < 4.78 is 30.1. The molecule has 0 unspecified atom stereocenters. The Labute approximate surface area is 127 Å². The number of rotatable bonds is 5. The Morgan fingerprint density at radius 3 is 2.41 bits per heavy atom. The molecule has 0 radical (unpaired) electrons. The number of alkyl halides is 2. The van der Waals surface area contributed by atoms with Crippen LogP contribution in [0.1, 0.15) is 27.3 Å². The number of hydrogen-bond donors (Lipinski definition) is 0. The molecule has 116 valence electrons. The van der Waals surface area contributed by atoms with Crippen molar-refractivity contribution in [3.05, 3.63) is 52.9 Å². The minimum absolute atomic E-state index is 0.0227. The average molecular weight is 306 g/mol. The third kappa shape index (κ3) is 3.58. The Balaban J connectivity index is 2.13. The number of aromatic nitrogens is 2. The summed E-state index contributed by atoms with van der Waals surface area (Å²) in [6.45, 7) is 0.909. The number of allylic oxidation sites excluding steroid dienone is 1. The normalized spacial score (nSPS) is 11.4. The minimum Gasteiger partial charge on any atom is -0.435 e. The summed E-state index contributed by atoms with van der Waals surface area (Å²) in [4.78, 5) is 12.1. The van der Waals surface area contributed by atoms with Crippen molar-refractivity contribution in [1.82, 2.24) is 9.78 Å². The van der Waals surface area contributed by atoms with E-state index in [2.05, 4.69) is 9.84 Å². The maximum absolute atomic E-state index is 12.1. The van der Waals surface area contributed by atoms with Crippen molar-refractivity contribution in [2.75, 3.05) is 0 Å². The zero-order valence-electron chi connectivity index (χ0n) is 12.5. The van der Waals surface area contributed by atoms with Crippen LogP contribution in [0.25, 0.3) is 6.08 Å². The SMILES string of the molecule is Cc1nn(C)c(C)c1/C=C/C(=O)c1ccc(OC(F)F)cc1. The van der Waals surface area contributed by atoms with E-state index >= 15 is 0 Å². The molecular formula is C16H16F2N2O2. The van der Waals surface area contributed by atoms with Crippen molar-refractivity contribution in [2.45, 2.75) is 20.5 Å². The van der Waals surface area contributed by atoms with Gasteiger partial charge in [-0.25, -0.2) is 0 Å². The summed E-state index contributed by atoms with van der Waals surface area (Å²) in [5, 5.41) is 4.27. The monoisotopic (exact) mass is 306 g/mol. The van der Waals surface area contributed by atoms with Crippen LogP contribution >= 0.6 is 0 Å². The Morgan fingerprint density at radius 1 is 1.27 bits per heavy atom. The second kappa shape index (κ2) is 6.51. The van der Waals surface area contributed by atoms with Gasteiger partial charge in [-0.05, 0) is 50.3 Å². The summed E-state index contributed by atoms with van der Waals surface area (Å²) in [5.74, 6) is -0.194. The molecule has 0 atom stereocenters. The average Bonchev–Trinajstić information content (AvgIpc) is 2.70. The molecule has 0 N–H and O–H groups in total. The fourth-order valence-corrected chi connectivity index (χ4v) is 2.09. The molecule has 0 bridgehead atoms. The van der Waals surface area contributed by atoms with Crippen molar-refractivity contribution in [3.8, 4) is 5.75 Å². The van der Waals surface area contributed by atoms with E-state index in [4.69, 9.17) is 0 Å². The van der Waals surface area contributed by atoms with Gasteiger partial charge in [0.1, 0.15) is 5.75 Å². The lowest BCUT2D eigenvalue weighted by Crippen LogP contribution is -2.02. The smallest absolute Gasteiger partial charge is 0.387 e. The second-order valence-electron chi connectivity index (χ2n) is 4.81. The van der Waals surface area contributed by atoms with Gasteiger partial charge in [-0.3, -0.25) is 9.48 Å². The number of nitrogens with zero attached hydrogens (tertiary/aromatic N) is 2. The van der Waals surface area contributed by atoms with E-state index < -0.39 is 6.61 Å². The van der Waals surface area contributed by atoms with Crippen molar-refractivity contribution in [2.24, 2.45) is 7.05 Å². The largest absolute Gasteiger partial charge is 0.435 e. The van der Waals surface area contributed by atoms with Gasteiger partial charge in [0, 0.05) is 23.9 Å². The number of benzene rings is 1. The summed E-state index contributed by atoms with van der Waals surface area (Å²) in [5.41, 5.74) is 3.09. The van der Waals surface area contributed by atoms with Crippen molar-refractivity contribution in [3.63, 3.8) is 0 Å². The van der Waals surface area contributed by atoms with Gasteiger partial charge in [0.05, 0.1) is 5.69 Å². The number of ketones is 1. The quantitative estimate of drug-likeness (QED) is 0.627. The van der Waals surface area contributed by atoms with Gasteiger partial charge < -0.3 is 4.74 Å². The predicted molar refractivity (Wildman–Crippen MR) is 79.1 cm³/mol. The second-order valence-corrected chi connectivity index (χ2v) is 4.81. The van der Waals surface area contributed by atoms with Crippen LogP contribution in [0.2, 0.25) is 0 Å². The van der Waals surface area contributed by atoms with E-state index in [1.807, 2.05) is 20.9 Å². The van der Waals surface area contributed by atoms with Gasteiger partial charge >= 0.3 is 6.61 Å². The molecule has 6 heteroatoms. The molecule has 22 heavy (non-hydrogen) atoms. The fraction of sp³-hybridized carbons (Fsp3) is 0.250. The first-order chi connectivity index (χ1) is 10.4. The summed E-state index contributed by atoms with van der Waals surface area (Å²) in [6.07, 6.45) is 3.16. The molecule has 0 aliphatic carbocycles. The molecule has 0 spiro atoms. The van der Waals surface area contributed by atoms with Crippen LogP contribution < -0.4 is 4.74 Å². The van der Waals surface area contributed by atoms with Gasteiger partial charge in [0.25, 0.3) is 0 Å². The lowest BCUT2D eigenvalue weighted by molar-refractivity contribution is -0.0498. The number of hydrogen-bond acceptors (Lipinski definition) is 3. The van der Waals surface area contributed by atoms with Crippen LogP contribution in [0.15, 0.2) is 30.3 Å². The molecule has 0 saturated carbocycles. The first-order valence-corrected chi connectivity index (χ1v) is 6.66. The first kappa shape index (κ1) is 15.9. The molecule has 1 aromatic heterocycles. The van der Waals surface area contributed by atoms with Crippen LogP contribution in [-0.2, 0) is 7.05 Å². The maximum Gasteiger partial charge on any atom is 0.387 e. The summed E-state index contributed by atoms with van der Waals surface area (Å²) >= 11 is 0. The minimum atomic E-state index is -2.88. The van der Waals surface area contributed by atoms with E-state index in [1.165, 1.54) is 30.3 Å². The van der Waals surface area contributed by atoms with E-state index in [9.17, 15) is 13.6 Å². The van der Waals surface area contributed by atoms with E-state index in [0.717, 1.165) is 17.0 Å². The van der Waals surface area contributed by atoms with Crippen molar-refractivity contribution in [1.29, 1.82) is 0 Å². The van der Waals surface area contributed by atoms with Crippen LogP contribution in [-0.4, -0.2) is 22.2 Å². The molecule has 0 aliphatic heterocycles. The zero-order valence-corrected chi connectivity index (χ0v) is 12.5. The first-order valence-electron chi connectivity index (χ1n) is 6.66. The van der Waals surface area contributed by atoms with E-state index in [-0.39, 0.29) is 11.5 Å². The molecule has 0 saturated heterocycles. The Bertz CT molecular complexity index is 704. The molecule has 1 heterocycles. The zero-order chi connectivity index (χ0) is 16.3. The molecule has 1 aromatic carbocycles. The van der Waals surface area contributed by atoms with Crippen LogP contribution in [0.5, 0.6) is 5.75 Å². The molecule has 0 aliphatic rings. The molecule has 2 rings (SSSR count). The highest BCUT2D eigenvalue weighted by atomic mass is 19.3. The van der Waals surface area contributed by atoms with Crippen molar-refractivity contribution < 1.29 is 18.3 Å². The van der Waals surface area contributed by atoms with Gasteiger partial charge in [-0.2, -0.15) is 13.9 Å². The molecule has 4 nitrogen and oxygen atoms in total. The van der Waals surface area contributed by atoms with Gasteiger partial charge in [-0.15, -0.1) is 0 Å². The molecule has 0 fully saturated rings. The topological polar surface area (TPSA) is 44.1 Å². The van der Waals surface area contributed by atoms with Gasteiger partial charge in [0.15, 0.2) is 5.78 Å². The number of aryl methyl sites for hydroxylation is 2. The lowest BCUT2D eigenvalue weighted by Gasteiger charge is -2.04. The molecule has 2 aromatic rings. The molecular weight excluding hydrogens is 290 g/mol.